The molecule has 0 spiro atoms. The van der Waals surface area contributed by atoms with Gasteiger partial charge in [-0.3, -0.25) is 9.79 Å². The van der Waals surface area contributed by atoms with Crippen molar-refractivity contribution in [3.05, 3.63) is 65.6 Å². The zero-order valence-corrected chi connectivity index (χ0v) is 29.7. The van der Waals surface area contributed by atoms with Gasteiger partial charge in [-0.15, -0.1) is 0 Å². The molecule has 2 N–H and O–H groups in total. The van der Waals surface area contributed by atoms with Crippen LogP contribution in [0.25, 0.3) is 33.2 Å². The van der Waals surface area contributed by atoms with E-state index in [2.05, 4.69) is 52.8 Å². The number of amides is 2. The molecule has 5 aliphatic rings. The van der Waals surface area contributed by atoms with Gasteiger partial charge >= 0.3 is 6.09 Å². The summed E-state index contributed by atoms with van der Waals surface area (Å²) in [5, 5.41) is 5.07. The highest BCUT2D eigenvalue weighted by Crippen LogP contribution is 2.51. The first-order valence-electron chi connectivity index (χ1n) is 18.4. The molecule has 2 amide bonds. The van der Waals surface area contributed by atoms with Crippen molar-refractivity contribution in [2.75, 3.05) is 20.8 Å². The molecule has 10 heteroatoms. The van der Waals surface area contributed by atoms with E-state index >= 15 is 0 Å². The van der Waals surface area contributed by atoms with Crippen molar-refractivity contribution in [3.8, 4) is 28.1 Å². The number of nitrogens with one attached hydrogen (secondary N) is 2. The SMILES string of the molecule is COC[C@@H]1CC[C@H](c2ncc(-c3ccc4c(c3)COc3cc5c6c(ccc5cc3-4)N=C([C@@H]3C[C@H]4C[C@H]4N3C(=O)[C@@H](NC(=O)OC)C(C)C)C6)[nH]2)C1. The Morgan fingerprint density at radius 2 is 1.94 bits per heavy atom. The average Bonchev–Trinajstić information content (AvgIpc) is 3.64. The zero-order chi connectivity index (χ0) is 35.0. The molecule has 51 heavy (non-hydrogen) atoms. The Kier molecular flexibility index (Phi) is 7.90. The van der Waals surface area contributed by atoms with Crippen molar-refractivity contribution in [3.63, 3.8) is 0 Å². The first-order chi connectivity index (χ1) is 24.8. The molecule has 3 aromatic carbocycles. The summed E-state index contributed by atoms with van der Waals surface area (Å²) in [6.07, 6.45) is 7.46. The Bertz CT molecular complexity index is 2090. The summed E-state index contributed by atoms with van der Waals surface area (Å²) in [5.41, 5.74) is 8.78. The first kappa shape index (κ1) is 32.2. The highest BCUT2D eigenvalue weighted by Gasteiger charge is 2.56. The molecule has 4 aromatic rings. The lowest BCUT2D eigenvalue weighted by molar-refractivity contribution is -0.135. The number of hydrogen-bond acceptors (Lipinski definition) is 7. The number of hydrogen-bond donors (Lipinski definition) is 2. The average molecular weight is 688 g/mol. The van der Waals surface area contributed by atoms with Crippen LogP contribution in [0.1, 0.15) is 68.8 Å². The number of piperidine rings is 1. The van der Waals surface area contributed by atoms with Gasteiger partial charge < -0.3 is 29.4 Å². The van der Waals surface area contributed by atoms with E-state index in [-0.39, 0.29) is 23.9 Å². The number of aliphatic imine (C=N–C) groups is 1. The molecular formula is C41H45N5O5. The highest BCUT2D eigenvalue weighted by molar-refractivity contribution is 6.07. The van der Waals surface area contributed by atoms with Gasteiger partial charge in [0.25, 0.3) is 0 Å². The van der Waals surface area contributed by atoms with E-state index in [0.29, 0.717) is 30.8 Å². The monoisotopic (exact) mass is 687 g/mol. The summed E-state index contributed by atoms with van der Waals surface area (Å²) in [4.78, 5) is 41.6. The van der Waals surface area contributed by atoms with Crippen LogP contribution in [0.15, 0.2) is 53.7 Å². The number of methoxy groups -OCH3 is 2. The Labute approximate surface area is 298 Å². The van der Waals surface area contributed by atoms with Gasteiger partial charge in [-0.2, -0.15) is 0 Å². The topological polar surface area (TPSA) is 118 Å². The second-order valence-corrected chi connectivity index (χ2v) is 15.5. The van der Waals surface area contributed by atoms with Crippen molar-refractivity contribution in [1.82, 2.24) is 20.2 Å². The number of aromatic amines is 1. The summed E-state index contributed by atoms with van der Waals surface area (Å²) in [7, 11) is 3.11. The minimum Gasteiger partial charge on any atom is -0.488 e. The van der Waals surface area contributed by atoms with Crippen LogP contribution in [0.2, 0.25) is 0 Å². The van der Waals surface area contributed by atoms with Crippen LogP contribution in [0.4, 0.5) is 10.5 Å². The largest absolute Gasteiger partial charge is 0.488 e. The number of benzene rings is 3. The van der Waals surface area contributed by atoms with E-state index in [1.807, 2.05) is 24.9 Å². The van der Waals surface area contributed by atoms with Crippen molar-refractivity contribution in [1.29, 1.82) is 0 Å². The van der Waals surface area contributed by atoms with Crippen LogP contribution in [0.5, 0.6) is 5.75 Å². The Morgan fingerprint density at radius 1 is 1.06 bits per heavy atom. The number of nitrogens with zero attached hydrogens (tertiary/aromatic N) is 3. The van der Waals surface area contributed by atoms with Gasteiger partial charge in [0, 0.05) is 43.4 Å². The van der Waals surface area contributed by atoms with E-state index in [1.54, 1.807) is 7.11 Å². The molecule has 1 saturated heterocycles. The van der Waals surface area contributed by atoms with Gasteiger partial charge in [-0.05, 0) is 107 Å². The second-order valence-electron chi connectivity index (χ2n) is 15.5. The number of H-pyrrole nitrogens is 1. The number of rotatable bonds is 8. The maximum atomic E-state index is 14.0. The highest BCUT2D eigenvalue weighted by atomic mass is 16.5. The fourth-order valence-corrected chi connectivity index (χ4v) is 9.22. The second kappa shape index (κ2) is 12.5. The molecule has 0 unspecified atom stereocenters. The fourth-order valence-electron chi connectivity index (χ4n) is 9.22. The Hall–Kier alpha value is -4.70. The predicted octanol–water partition coefficient (Wildman–Crippen LogP) is 7.32. The third-order valence-electron chi connectivity index (χ3n) is 12.0. The van der Waals surface area contributed by atoms with Gasteiger partial charge in [0.05, 0.1) is 30.7 Å². The molecule has 2 aliphatic carbocycles. The number of fused-ring (bicyclic) bond motifs is 7. The lowest BCUT2D eigenvalue weighted by atomic mass is 9.90. The minimum atomic E-state index is -0.643. The lowest BCUT2D eigenvalue weighted by Crippen LogP contribution is -2.55. The fraction of sp³-hybridized carbons (Fsp3) is 0.463. The van der Waals surface area contributed by atoms with Crippen molar-refractivity contribution in [2.45, 2.75) is 83.0 Å². The van der Waals surface area contributed by atoms with Crippen LogP contribution >= 0.6 is 0 Å². The number of carbonyl (C=O) groups excluding carboxylic acids is 2. The van der Waals surface area contributed by atoms with Gasteiger partial charge in [-0.1, -0.05) is 32.0 Å². The zero-order valence-electron chi connectivity index (χ0n) is 29.7. The van der Waals surface area contributed by atoms with Crippen LogP contribution in [-0.2, 0) is 27.3 Å². The van der Waals surface area contributed by atoms with Gasteiger partial charge in [0.1, 0.15) is 24.2 Å². The van der Waals surface area contributed by atoms with E-state index in [0.717, 1.165) is 88.4 Å². The third kappa shape index (κ3) is 5.59. The number of carbonyl (C=O) groups is 2. The van der Waals surface area contributed by atoms with E-state index < -0.39 is 12.1 Å². The van der Waals surface area contributed by atoms with Crippen LogP contribution in [-0.4, -0.2) is 71.5 Å². The predicted molar refractivity (Wildman–Crippen MR) is 195 cm³/mol. The molecule has 9 rings (SSSR count). The van der Waals surface area contributed by atoms with Gasteiger partial charge in [-0.25, -0.2) is 9.78 Å². The van der Waals surface area contributed by atoms with E-state index in [4.69, 9.17) is 24.2 Å². The smallest absolute Gasteiger partial charge is 0.407 e. The number of ether oxygens (including phenoxy) is 3. The molecule has 0 radical (unpaired) electrons. The quantitative estimate of drug-likeness (QED) is 0.201. The summed E-state index contributed by atoms with van der Waals surface area (Å²) >= 11 is 0. The van der Waals surface area contributed by atoms with Crippen LogP contribution in [0, 0.1) is 17.8 Å². The maximum absolute atomic E-state index is 14.0. The Morgan fingerprint density at radius 3 is 2.76 bits per heavy atom. The molecule has 0 bridgehead atoms. The van der Waals surface area contributed by atoms with Crippen LogP contribution < -0.4 is 10.1 Å². The summed E-state index contributed by atoms with van der Waals surface area (Å²) < 4.78 is 16.7. The standard InChI is InChI=1S/C41H45N5O5/c1-21(2)38(45-41(48)50-4)40(47)46-35-14-26(35)15-36(46)33-16-30-29-17-37-31(13-23(29)8-10-32(30)43-33)28-9-7-24(12-27(28)20-51-37)34-18-42-39(44-34)25-6-5-22(11-25)19-49-3/h7-10,12-13,17-18,21-22,25-26,35-36,38H,5-6,11,14-16,19-20H2,1-4H3,(H,42,44)(H,45,48)/t22-,25+,26-,35-,36+,38+/m1/s1. The number of likely N-dealkylation sites (tertiary alicyclic amines) is 1. The van der Waals surface area contributed by atoms with Crippen molar-refractivity contribution >= 4 is 34.2 Å². The molecule has 10 nitrogen and oxygen atoms in total. The number of alkyl carbamates (subject to hydrolysis) is 1. The summed E-state index contributed by atoms with van der Waals surface area (Å²) in [5.74, 6) is 3.41. The molecular weight excluding hydrogens is 642 g/mol. The molecule has 6 atom stereocenters. The van der Waals surface area contributed by atoms with Crippen LogP contribution in [0.3, 0.4) is 0 Å². The van der Waals surface area contributed by atoms with Crippen molar-refractivity contribution < 1.29 is 23.8 Å². The number of imidazole rings is 1. The summed E-state index contributed by atoms with van der Waals surface area (Å²) in [6.45, 7) is 5.23. The normalized spacial score (nSPS) is 24.8. The molecule has 4 heterocycles. The van der Waals surface area contributed by atoms with Crippen molar-refractivity contribution in [2.24, 2.45) is 22.7 Å². The maximum Gasteiger partial charge on any atom is 0.407 e. The van der Waals surface area contributed by atoms with Gasteiger partial charge in [0.2, 0.25) is 5.91 Å². The lowest BCUT2D eigenvalue weighted by Gasteiger charge is -2.33. The molecule has 3 fully saturated rings. The van der Waals surface area contributed by atoms with E-state index in [9.17, 15) is 9.59 Å². The minimum absolute atomic E-state index is 0.0453. The van der Waals surface area contributed by atoms with E-state index in [1.165, 1.54) is 24.7 Å². The first-order valence-corrected chi connectivity index (χ1v) is 18.4. The van der Waals surface area contributed by atoms with Gasteiger partial charge in [0.15, 0.2) is 0 Å². The third-order valence-corrected chi connectivity index (χ3v) is 12.0. The molecule has 3 aliphatic heterocycles. The molecule has 264 valence electrons. The Balaban J connectivity index is 0.954. The summed E-state index contributed by atoms with van der Waals surface area (Å²) in [6, 6.07) is 14.8. The molecule has 1 aromatic heterocycles. The molecule has 2 saturated carbocycles. The number of aromatic nitrogens is 2.